The predicted molar refractivity (Wildman–Crippen MR) is 119 cm³/mol. The minimum Gasteiger partial charge on any atom is -0.480 e. The molecule has 0 aliphatic heterocycles. The normalized spacial score (nSPS) is 15.4. The molecule has 6 N–H and O–H groups in total. The van der Waals surface area contributed by atoms with Crippen LogP contribution in [0.4, 0.5) is 0 Å². The molecule has 0 aromatic rings. The summed E-state index contributed by atoms with van der Waals surface area (Å²) in [5.41, 5.74) is 5.91. The molecule has 30 heavy (non-hydrogen) atoms. The molecule has 0 radical (unpaired) electrons. The first-order valence-corrected chi connectivity index (χ1v) is 10.9. The summed E-state index contributed by atoms with van der Waals surface area (Å²) in [6, 6.07) is -3.72. The van der Waals surface area contributed by atoms with Gasteiger partial charge in [-0.1, -0.05) is 41.5 Å². The molecule has 0 aliphatic rings. The van der Waals surface area contributed by atoms with Crippen LogP contribution in [0.25, 0.3) is 0 Å². The number of hydrogen-bond acceptors (Lipinski definition) is 6. The van der Waals surface area contributed by atoms with Gasteiger partial charge in [-0.3, -0.25) is 14.4 Å². The summed E-state index contributed by atoms with van der Waals surface area (Å²) in [5.74, 6) is -2.80. The van der Waals surface area contributed by atoms with E-state index in [0.717, 1.165) is 0 Å². The van der Waals surface area contributed by atoms with Crippen LogP contribution in [0.5, 0.6) is 0 Å². The highest BCUT2D eigenvalue weighted by atomic mass is 32.1. The number of rotatable bonds is 13. The molecule has 0 aromatic heterocycles. The van der Waals surface area contributed by atoms with Crippen LogP contribution >= 0.6 is 12.6 Å². The number of carbonyl (C=O) groups is 4. The number of amides is 3. The molecule has 4 atom stereocenters. The second-order valence-electron chi connectivity index (χ2n) is 8.74. The van der Waals surface area contributed by atoms with Crippen molar-refractivity contribution in [3.05, 3.63) is 0 Å². The molecule has 0 saturated heterocycles. The Morgan fingerprint density at radius 3 is 1.70 bits per heavy atom. The van der Waals surface area contributed by atoms with Gasteiger partial charge in [0.15, 0.2) is 0 Å². The Labute approximate surface area is 184 Å². The van der Waals surface area contributed by atoms with Crippen LogP contribution < -0.4 is 21.7 Å². The molecule has 0 spiro atoms. The third-order valence-electron chi connectivity index (χ3n) is 4.45. The van der Waals surface area contributed by atoms with Crippen molar-refractivity contribution in [2.75, 3.05) is 5.75 Å². The Kier molecular flexibility index (Phi) is 12.7. The molecule has 0 rings (SSSR count). The van der Waals surface area contributed by atoms with Crippen LogP contribution in [0.15, 0.2) is 0 Å². The topological polar surface area (TPSA) is 151 Å². The van der Waals surface area contributed by atoms with Crippen molar-refractivity contribution in [3.8, 4) is 0 Å². The van der Waals surface area contributed by atoms with Crippen molar-refractivity contribution >= 4 is 36.3 Å². The lowest BCUT2D eigenvalue weighted by Crippen LogP contribution is -2.58. The number of aliphatic carboxylic acids is 1. The Bertz CT molecular complexity index is 598. The summed E-state index contributed by atoms with van der Waals surface area (Å²) in [5, 5.41) is 16.9. The van der Waals surface area contributed by atoms with E-state index in [1.54, 1.807) is 13.8 Å². The van der Waals surface area contributed by atoms with Gasteiger partial charge >= 0.3 is 5.97 Å². The van der Waals surface area contributed by atoms with E-state index in [1.807, 2.05) is 27.7 Å². The molecule has 0 saturated carbocycles. The van der Waals surface area contributed by atoms with E-state index in [-0.39, 0.29) is 23.5 Å². The Morgan fingerprint density at radius 1 is 0.800 bits per heavy atom. The van der Waals surface area contributed by atoms with E-state index >= 15 is 0 Å². The van der Waals surface area contributed by atoms with Crippen molar-refractivity contribution in [2.24, 2.45) is 23.5 Å². The molecule has 0 heterocycles. The second-order valence-corrected chi connectivity index (χ2v) is 9.10. The lowest BCUT2D eigenvalue weighted by molar-refractivity contribution is -0.141. The molecular weight excluding hydrogens is 408 g/mol. The molecule has 0 unspecified atom stereocenters. The predicted octanol–water partition coefficient (Wildman–Crippen LogP) is 0.531. The van der Waals surface area contributed by atoms with Gasteiger partial charge in [0.1, 0.15) is 18.1 Å². The van der Waals surface area contributed by atoms with Gasteiger partial charge in [0, 0.05) is 5.75 Å². The summed E-state index contributed by atoms with van der Waals surface area (Å²) in [4.78, 5) is 49.0. The van der Waals surface area contributed by atoms with Crippen LogP contribution in [0.3, 0.4) is 0 Å². The van der Waals surface area contributed by atoms with Crippen LogP contribution in [-0.2, 0) is 19.2 Å². The zero-order chi connectivity index (χ0) is 23.6. The molecular formula is C20H38N4O5S. The average molecular weight is 447 g/mol. The molecule has 174 valence electrons. The summed E-state index contributed by atoms with van der Waals surface area (Å²) in [6.07, 6.45) is 0.791. The number of carboxylic acids is 1. The van der Waals surface area contributed by atoms with E-state index in [4.69, 9.17) is 10.8 Å². The first kappa shape index (κ1) is 28.2. The average Bonchev–Trinajstić information content (AvgIpc) is 2.61. The van der Waals surface area contributed by atoms with E-state index in [2.05, 4.69) is 28.6 Å². The third kappa shape index (κ3) is 10.3. The number of carboxylic acid groups (broad SMARTS) is 1. The second kappa shape index (κ2) is 13.5. The standard InChI is InChI=1S/C20H38N4O5S/c1-10(2)7-13(21)17(25)24-16(12(5)6)19(27)22-14(8-11(3)4)18(26)23-15(9-30)20(28)29/h10-16,30H,7-9,21H2,1-6H3,(H,22,27)(H,23,26)(H,24,25)(H,28,29)/t13-,14-,15-,16-/m0/s1. The monoisotopic (exact) mass is 446 g/mol. The molecule has 0 aliphatic carbocycles. The van der Waals surface area contributed by atoms with Crippen molar-refractivity contribution < 1.29 is 24.3 Å². The van der Waals surface area contributed by atoms with Crippen molar-refractivity contribution in [2.45, 2.75) is 78.6 Å². The first-order valence-electron chi connectivity index (χ1n) is 10.3. The maximum absolute atomic E-state index is 12.9. The van der Waals surface area contributed by atoms with Crippen LogP contribution in [0, 0.1) is 17.8 Å². The Morgan fingerprint density at radius 2 is 1.30 bits per heavy atom. The molecule has 0 fully saturated rings. The highest BCUT2D eigenvalue weighted by Gasteiger charge is 2.31. The minimum absolute atomic E-state index is 0.0619. The maximum Gasteiger partial charge on any atom is 0.327 e. The Balaban J connectivity index is 5.33. The SMILES string of the molecule is CC(C)C[C@H](NC(=O)[C@@H](NC(=O)[C@@H](N)CC(C)C)C(C)C)C(=O)N[C@@H](CS)C(=O)O. The van der Waals surface area contributed by atoms with Gasteiger partial charge in [-0.05, 0) is 30.6 Å². The molecule has 0 bridgehead atoms. The minimum atomic E-state index is -1.21. The number of nitrogens with two attached hydrogens (primary N) is 1. The smallest absolute Gasteiger partial charge is 0.327 e. The van der Waals surface area contributed by atoms with E-state index < -0.39 is 47.9 Å². The van der Waals surface area contributed by atoms with Crippen LogP contribution in [-0.4, -0.2) is 58.7 Å². The van der Waals surface area contributed by atoms with Crippen LogP contribution in [0.1, 0.15) is 54.4 Å². The summed E-state index contributed by atoms with van der Waals surface area (Å²) < 4.78 is 0. The first-order chi connectivity index (χ1) is 13.8. The number of carbonyl (C=O) groups excluding carboxylic acids is 3. The van der Waals surface area contributed by atoms with Gasteiger partial charge in [-0.25, -0.2) is 4.79 Å². The molecule has 9 nitrogen and oxygen atoms in total. The Hall–Kier alpha value is -1.81. The van der Waals surface area contributed by atoms with Crippen molar-refractivity contribution in [1.82, 2.24) is 16.0 Å². The molecule has 0 aromatic carbocycles. The third-order valence-corrected chi connectivity index (χ3v) is 4.81. The fourth-order valence-corrected chi connectivity index (χ4v) is 3.08. The summed E-state index contributed by atoms with van der Waals surface area (Å²) >= 11 is 3.94. The molecule has 10 heteroatoms. The number of hydrogen-bond donors (Lipinski definition) is 6. The van der Waals surface area contributed by atoms with Gasteiger partial charge in [0.25, 0.3) is 0 Å². The van der Waals surface area contributed by atoms with Crippen molar-refractivity contribution in [3.63, 3.8) is 0 Å². The van der Waals surface area contributed by atoms with E-state index in [9.17, 15) is 19.2 Å². The lowest BCUT2D eigenvalue weighted by atomic mass is 9.98. The number of nitrogens with one attached hydrogen (secondary N) is 3. The van der Waals surface area contributed by atoms with Crippen LogP contribution in [0.2, 0.25) is 0 Å². The number of thiol groups is 1. The fourth-order valence-electron chi connectivity index (χ4n) is 2.83. The largest absolute Gasteiger partial charge is 0.480 e. The lowest BCUT2D eigenvalue weighted by Gasteiger charge is -2.27. The zero-order valence-electron chi connectivity index (χ0n) is 18.8. The quantitative estimate of drug-likeness (QED) is 0.227. The summed E-state index contributed by atoms with van der Waals surface area (Å²) in [6.45, 7) is 11.2. The van der Waals surface area contributed by atoms with Crippen molar-refractivity contribution in [1.29, 1.82) is 0 Å². The summed E-state index contributed by atoms with van der Waals surface area (Å²) in [7, 11) is 0. The van der Waals surface area contributed by atoms with Gasteiger partial charge in [0.2, 0.25) is 17.7 Å². The maximum atomic E-state index is 12.9. The highest BCUT2D eigenvalue weighted by molar-refractivity contribution is 7.80. The van der Waals surface area contributed by atoms with Gasteiger partial charge < -0.3 is 26.8 Å². The fraction of sp³-hybridized carbons (Fsp3) is 0.800. The van der Waals surface area contributed by atoms with Gasteiger partial charge in [0.05, 0.1) is 6.04 Å². The molecule has 3 amide bonds. The van der Waals surface area contributed by atoms with E-state index in [0.29, 0.717) is 12.8 Å². The van der Waals surface area contributed by atoms with Gasteiger partial charge in [-0.2, -0.15) is 12.6 Å². The van der Waals surface area contributed by atoms with Gasteiger partial charge in [-0.15, -0.1) is 0 Å². The highest BCUT2D eigenvalue weighted by Crippen LogP contribution is 2.10. The van der Waals surface area contributed by atoms with E-state index in [1.165, 1.54) is 0 Å². The zero-order valence-corrected chi connectivity index (χ0v) is 19.7.